The molecule has 0 atom stereocenters. The summed E-state index contributed by atoms with van der Waals surface area (Å²) in [5.74, 6) is -0.891. The van der Waals surface area contributed by atoms with Crippen molar-refractivity contribution in [1.29, 1.82) is 0 Å². The van der Waals surface area contributed by atoms with Crippen LogP contribution in [-0.4, -0.2) is 36.9 Å². The molecule has 114 valence electrons. The quantitative estimate of drug-likeness (QED) is 0.510. The number of benzene rings is 1. The zero-order valence-electron chi connectivity index (χ0n) is 11.9. The van der Waals surface area contributed by atoms with Gasteiger partial charge in [0.1, 0.15) is 5.69 Å². The highest BCUT2D eigenvalue weighted by Crippen LogP contribution is 2.28. The predicted molar refractivity (Wildman–Crippen MR) is 78.3 cm³/mol. The highest BCUT2D eigenvalue weighted by Gasteiger charge is 2.21. The molecule has 0 aliphatic carbocycles. The van der Waals surface area contributed by atoms with Gasteiger partial charge in [-0.1, -0.05) is 13.0 Å². The number of hydrogen-bond donors (Lipinski definition) is 3. The lowest BCUT2D eigenvalue weighted by molar-refractivity contribution is -0.384. The van der Waals surface area contributed by atoms with E-state index in [2.05, 4.69) is 16.0 Å². The first-order valence-electron chi connectivity index (χ1n) is 6.51. The molecule has 1 rings (SSSR count). The molecule has 8 nitrogen and oxygen atoms in total. The molecule has 2 amide bonds. The van der Waals surface area contributed by atoms with Crippen molar-refractivity contribution >= 4 is 23.2 Å². The van der Waals surface area contributed by atoms with E-state index in [1.807, 2.05) is 6.92 Å². The van der Waals surface area contributed by atoms with Crippen molar-refractivity contribution in [1.82, 2.24) is 10.6 Å². The van der Waals surface area contributed by atoms with Crippen molar-refractivity contribution in [2.24, 2.45) is 0 Å². The van der Waals surface area contributed by atoms with E-state index >= 15 is 0 Å². The third kappa shape index (κ3) is 4.44. The average molecular weight is 294 g/mol. The van der Waals surface area contributed by atoms with Gasteiger partial charge in [0, 0.05) is 19.7 Å². The Morgan fingerprint density at radius 1 is 1.33 bits per heavy atom. The summed E-state index contributed by atoms with van der Waals surface area (Å²) in [6.07, 6.45) is 0.755. The largest absolute Gasteiger partial charge is 0.379 e. The molecule has 1 aromatic carbocycles. The number of likely N-dealkylation sites (N-methyl/N-ethyl adjacent to an activating group) is 1. The molecule has 0 saturated heterocycles. The van der Waals surface area contributed by atoms with Gasteiger partial charge < -0.3 is 16.0 Å². The fourth-order valence-corrected chi connectivity index (χ4v) is 1.66. The molecule has 0 saturated carbocycles. The number of rotatable bonds is 7. The van der Waals surface area contributed by atoms with Gasteiger partial charge in [0.2, 0.25) is 5.91 Å². The van der Waals surface area contributed by atoms with Gasteiger partial charge in [-0.15, -0.1) is 0 Å². The maximum Gasteiger partial charge on any atom is 0.293 e. The van der Waals surface area contributed by atoms with Crippen LogP contribution >= 0.6 is 0 Å². The average Bonchev–Trinajstić information content (AvgIpc) is 2.49. The Kier molecular flexibility index (Phi) is 6.12. The Balaban J connectivity index is 3.03. The third-order valence-electron chi connectivity index (χ3n) is 2.72. The molecule has 0 bridgehead atoms. The molecular weight excluding hydrogens is 276 g/mol. The van der Waals surface area contributed by atoms with Crippen LogP contribution in [0, 0.1) is 10.1 Å². The first-order chi connectivity index (χ1) is 10.0. The molecule has 0 unspecified atom stereocenters. The summed E-state index contributed by atoms with van der Waals surface area (Å²) in [6.45, 7) is 2.22. The fraction of sp³-hybridized carbons (Fsp3) is 0.385. The Hall–Kier alpha value is -2.64. The standard InChI is InChI=1S/C13H18N4O4/c1-3-7-15-12-9(5-4-6-10(12)17(20)21)13(19)16-8-11(18)14-2/h4-6,15H,3,7-8H2,1-2H3,(H,14,18)(H,16,19). The Morgan fingerprint density at radius 3 is 2.62 bits per heavy atom. The number of amides is 2. The van der Waals surface area contributed by atoms with Crippen LogP contribution in [0.25, 0.3) is 0 Å². The molecule has 0 spiro atoms. The molecule has 0 aliphatic rings. The van der Waals surface area contributed by atoms with E-state index in [9.17, 15) is 19.7 Å². The van der Waals surface area contributed by atoms with Crippen LogP contribution in [0.2, 0.25) is 0 Å². The zero-order valence-corrected chi connectivity index (χ0v) is 11.9. The maximum atomic E-state index is 12.1. The van der Waals surface area contributed by atoms with Gasteiger partial charge in [-0.05, 0) is 12.5 Å². The molecule has 3 N–H and O–H groups in total. The highest BCUT2D eigenvalue weighted by molar-refractivity contribution is 6.02. The van der Waals surface area contributed by atoms with Crippen LogP contribution < -0.4 is 16.0 Å². The van der Waals surface area contributed by atoms with Crippen LogP contribution in [0.5, 0.6) is 0 Å². The second kappa shape index (κ2) is 7.83. The molecule has 0 radical (unpaired) electrons. The first kappa shape index (κ1) is 16.4. The van der Waals surface area contributed by atoms with Gasteiger partial charge in [0.05, 0.1) is 17.0 Å². The maximum absolute atomic E-state index is 12.1. The molecule has 8 heteroatoms. The molecule has 1 aromatic rings. The van der Waals surface area contributed by atoms with Crippen molar-refractivity contribution in [2.45, 2.75) is 13.3 Å². The van der Waals surface area contributed by atoms with Gasteiger partial charge in [0.25, 0.3) is 11.6 Å². The number of carbonyl (C=O) groups is 2. The number of hydrogen-bond acceptors (Lipinski definition) is 5. The van der Waals surface area contributed by atoms with E-state index in [1.54, 1.807) is 0 Å². The predicted octanol–water partition coefficient (Wildman–Crippen LogP) is 0.892. The first-order valence-corrected chi connectivity index (χ1v) is 6.51. The third-order valence-corrected chi connectivity index (χ3v) is 2.72. The smallest absolute Gasteiger partial charge is 0.293 e. The van der Waals surface area contributed by atoms with Gasteiger partial charge in [0.15, 0.2) is 0 Å². The number of para-hydroxylation sites is 1. The van der Waals surface area contributed by atoms with Crippen molar-refractivity contribution in [3.63, 3.8) is 0 Å². The summed E-state index contributed by atoms with van der Waals surface area (Å²) >= 11 is 0. The molecular formula is C13H18N4O4. The minimum atomic E-state index is -0.548. The second-order valence-corrected chi connectivity index (χ2v) is 4.24. The van der Waals surface area contributed by atoms with E-state index in [4.69, 9.17) is 0 Å². The van der Waals surface area contributed by atoms with Crippen molar-refractivity contribution in [2.75, 3.05) is 25.5 Å². The Labute approximate surface area is 122 Å². The van der Waals surface area contributed by atoms with Crippen molar-refractivity contribution in [3.05, 3.63) is 33.9 Å². The number of nitrogens with one attached hydrogen (secondary N) is 3. The summed E-state index contributed by atoms with van der Waals surface area (Å²) in [7, 11) is 1.45. The summed E-state index contributed by atoms with van der Waals surface area (Å²) in [5.41, 5.74) is 0.136. The molecule has 0 fully saturated rings. The zero-order chi connectivity index (χ0) is 15.8. The van der Waals surface area contributed by atoms with Crippen LogP contribution in [-0.2, 0) is 4.79 Å². The van der Waals surface area contributed by atoms with E-state index < -0.39 is 10.8 Å². The minimum absolute atomic E-state index is 0.140. The van der Waals surface area contributed by atoms with E-state index in [0.717, 1.165) is 6.42 Å². The normalized spacial score (nSPS) is 9.81. The topological polar surface area (TPSA) is 113 Å². The van der Waals surface area contributed by atoms with Gasteiger partial charge in [-0.25, -0.2) is 0 Å². The number of carbonyl (C=O) groups excluding carboxylic acids is 2. The van der Waals surface area contributed by atoms with E-state index in [0.29, 0.717) is 6.54 Å². The summed E-state index contributed by atoms with van der Waals surface area (Å²) in [6, 6.07) is 4.24. The lowest BCUT2D eigenvalue weighted by atomic mass is 10.1. The van der Waals surface area contributed by atoms with Crippen LogP contribution in [0.4, 0.5) is 11.4 Å². The number of anilines is 1. The van der Waals surface area contributed by atoms with Gasteiger partial charge in [-0.3, -0.25) is 19.7 Å². The minimum Gasteiger partial charge on any atom is -0.379 e. The molecule has 0 aromatic heterocycles. The SMILES string of the molecule is CCCNc1c(C(=O)NCC(=O)NC)cccc1[N+](=O)[O-]. The number of nitro groups is 1. The van der Waals surface area contributed by atoms with E-state index in [-0.39, 0.29) is 29.4 Å². The fourth-order valence-electron chi connectivity index (χ4n) is 1.66. The summed E-state index contributed by atoms with van der Waals surface area (Å²) in [5, 5.41) is 18.7. The van der Waals surface area contributed by atoms with Crippen LogP contribution in [0.3, 0.4) is 0 Å². The number of nitro benzene ring substituents is 1. The van der Waals surface area contributed by atoms with Gasteiger partial charge >= 0.3 is 0 Å². The Bertz CT molecular complexity index is 545. The molecule has 0 heterocycles. The summed E-state index contributed by atoms with van der Waals surface area (Å²) < 4.78 is 0. The number of nitrogens with zero attached hydrogens (tertiary/aromatic N) is 1. The Morgan fingerprint density at radius 2 is 2.05 bits per heavy atom. The van der Waals surface area contributed by atoms with Crippen LogP contribution in [0.1, 0.15) is 23.7 Å². The van der Waals surface area contributed by atoms with Gasteiger partial charge in [-0.2, -0.15) is 0 Å². The second-order valence-electron chi connectivity index (χ2n) is 4.24. The molecule has 21 heavy (non-hydrogen) atoms. The van der Waals surface area contributed by atoms with Crippen LogP contribution in [0.15, 0.2) is 18.2 Å². The van der Waals surface area contributed by atoms with E-state index in [1.165, 1.54) is 25.2 Å². The highest BCUT2D eigenvalue weighted by atomic mass is 16.6. The molecule has 0 aliphatic heterocycles. The van der Waals surface area contributed by atoms with Crippen molar-refractivity contribution < 1.29 is 14.5 Å². The lowest BCUT2D eigenvalue weighted by Gasteiger charge is -2.11. The lowest BCUT2D eigenvalue weighted by Crippen LogP contribution is -2.35. The summed E-state index contributed by atoms with van der Waals surface area (Å²) in [4.78, 5) is 33.7. The van der Waals surface area contributed by atoms with Crippen molar-refractivity contribution in [3.8, 4) is 0 Å². The monoisotopic (exact) mass is 294 g/mol.